The first-order valence-corrected chi connectivity index (χ1v) is 14.1. The number of halogens is 3. The van der Waals surface area contributed by atoms with Crippen LogP contribution in [-0.4, -0.2) is 0.564 Å². The van der Waals surface area contributed by atoms with Crippen molar-refractivity contribution in [3.05, 3.63) is 30.3 Å². The van der Waals surface area contributed by atoms with E-state index in [4.69, 9.17) is 0 Å². The zero-order valence-electron chi connectivity index (χ0n) is 5.02. The molecule has 1 aromatic carbocycles. The van der Waals surface area contributed by atoms with Gasteiger partial charge in [0.2, 0.25) is 0 Å². The van der Waals surface area contributed by atoms with Crippen LogP contribution in [0.1, 0.15) is 0 Å². The van der Waals surface area contributed by atoms with E-state index in [1.807, 2.05) is 0 Å². The molecule has 0 unspecified atom stereocenters. The number of rotatable bonds is 1. The topological polar surface area (TPSA) is 0 Å². The van der Waals surface area contributed by atoms with E-state index in [1.54, 1.807) is 0 Å². The first-order valence-electron chi connectivity index (χ1n) is 2.73. The summed E-state index contributed by atoms with van der Waals surface area (Å²) in [6.45, 7) is 0. The van der Waals surface area contributed by atoms with Crippen LogP contribution in [0.25, 0.3) is 0 Å². The average molecular weight is 486 g/mol. The van der Waals surface area contributed by atoms with E-state index < -0.39 is 0.564 Å². The Morgan fingerprint density at radius 1 is 0.900 bits per heavy atom. The van der Waals surface area contributed by atoms with Crippen molar-refractivity contribution < 1.29 is 0 Å². The molecule has 0 N–H and O–H groups in total. The molecule has 1 aromatic rings. The summed E-state index contributed by atoms with van der Waals surface area (Å²) in [6, 6.07) is 10.7. The minimum atomic E-state index is -1.12. The van der Waals surface area contributed by atoms with Gasteiger partial charge in [0.25, 0.3) is 0.564 Å². The Balaban J connectivity index is 2.97. The Morgan fingerprint density at radius 3 is 1.70 bits per heavy atom. The van der Waals surface area contributed by atoms with Crippen LogP contribution in [0.2, 0.25) is 0 Å². The lowest BCUT2D eigenvalue weighted by Crippen LogP contribution is -2.26. The quantitative estimate of drug-likeness (QED) is 0.326. The molecular formula is C6H5I3Si. The van der Waals surface area contributed by atoms with Crippen molar-refractivity contribution in [2.24, 2.45) is 0 Å². The molecule has 0 spiro atoms. The van der Waals surface area contributed by atoms with E-state index in [1.165, 1.54) is 5.19 Å². The minimum Gasteiger partial charge on any atom is -0.0854 e. The fourth-order valence-electron chi connectivity index (χ4n) is 0.627. The highest BCUT2D eigenvalue weighted by Crippen LogP contribution is 2.28. The Labute approximate surface area is 99.8 Å². The van der Waals surface area contributed by atoms with Crippen molar-refractivity contribution in [3.8, 4) is 0 Å². The van der Waals surface area contributed by atoms with E-state index in [2.05, 4.69) is 95.7 Å². The third-order valence-electron chi connectivity index (χ3n) is 1.10. The van der Waals surface area contributed by atoms with Crippen molar-refractivity contribution in [1.82, 2.24) is 0 Å². The molecule has 0 saturated heterocycles. The van der Waals surface area contributed by atoms with Crippen molar-refractivity contribution in [1.29, 1.82) is 0 Å². The molecular weight excluding hydrogens is 481 g/mol. The van der Waals surface area contributed by atoms with Crippen LogP contribution in [0.3, 0.4) is 0 Å². The molecule has 0 amide bonds. The summed E-state index contributed by atoms with van der Waals surface area (Å²) in [5.41, 5.74) is 0. The van der Waals surface area contributed by atoms with Gasteiger partial charge in [-0.2, -0.15) is 0 Å². The normalized spacial score (nSPS) is 11.5. The molecule has 0 aliphatic rings. The standard InChI is InChI=1S/C6H5I3Si/c7-10(8,9)6-4-2-1-3-5-6/h1-5H. The lowest BCUT2D eigenvalue weighted by Gasteiger charge is -2.08. The summed E-state index contributed by atoms with van der Waals surface area (Å²) >= 11 is 7.66. The maximum atomic E-state index is 2.55. The summed E-state index contributed by atoms with van der Waals surface area (Å²) < 4.78 is -1.12. The van der Waals surface area contributed by atoms with Gasteiger partial charge in [-0.25, -0.2) is 0 Å². The van der Waals surface area contributed by atoms with Gasteiger partial charge in [0.1, 0.15) is 0 Å². The lowest BCUT2D eigenvalue weighted by atomic mass is 10.4. The molecule has 1 rings (SSSR count). The van der Waals surface area contributed by atoms with Crippen molar-refractivity contribution in [3.63, 3.8) is 0 Å². The maximum absolute atomic E-state index is 2.55. The fraction of sp³-hybridized carbons (Fsp3) is 0. The van der Waals surface area contributed by atoms with Crippen LogP contribution in [0.15, 0.2) is 30.3 Å². The molecule has 0 aliphatic heterocycles. The first kappa shape index (κ1) is 9.71. The van der Waals surface area contributed by atoms with Gasteiger partial charge in [-0.1, -0.05) is 95.7 Å². The van der Waals surface area contributed by atoms with Crippen LogP contribution in [0, 0.1) is 0 Å². The molecule has 0 aromatic heterocycles. The van der Waals surface area contributed by atoms with Crippen LogP contribution in [-0.2, 0) is 0 Å². The highest BCUT2D eigenvalue weighted by atomic mass is 127. The first-order chi connectivity index (χ1) is 4.61. The van der Waals surface area contributed by atoms with Crippen molar-refractivity contribution in [2.45, 2.75) is 0 Å². The molecule has 0 atom stereocenters. The van der Waals surface area contributed by atoms with E-state index >= 15 is 0 Å². The van der Waals surface area contributed by atoms with Crippen molar-refractivity contribution in [2.75, 3.05) is 0 Å². The molecule has 0 bridgehead atoms. The predicted octanol–water partition coefficient (Wildman–Crippen LogP) is 3.14. The van der Waals surface area contributed by atoms with Crippen LogP contribution in [0.5, 0.6) is 0 Å². The second kappa shape index (κ2) is 4.03. The molecule has 0 heterocycles. The van der Waals surface area contributed by atoms with Gasteiger partial charge in [0.15, 0.2) is 0 Å². The summed E-state index contributed by atoms with van der Waals surface area (Å²) in [5.74, 6) is 0. The zero-order valence-corrected chi connectivity index (χ0v) is 12.5. The molecule has 0 aliphatic carbocycles. The fourth-order valence-corrected chi connectivity index (χ4v) is 4.43. The monoisotopic (exact) mass is 486 g/mol. The average Bonchev–Trinajstić information content (AvgIpc) is 1.88. The second-order valence-electron chi connectivity index (χ2n) is 1.86. The van der Waals surface area contributed by atoms with E-state index in [0.29, 0.717) is 0 Å². The van der Waals surface area contributed by atoms with Gasteiger partial charge in [-0.05, 0) is 5.19 Å². The summed E-state index contributed by atoms with van der Waals surface area (Å²) in [5, 5.41) is 1.50. The van der Waals surface area contributed by atoms with E-state index in [9.17, 15) is 0 Å². The molecule has 54 valence electrons. The highest BCUT2D eigenvalue weighted by molar-refractivity contribution is 14.4. The Morgan fingerprint density at radius 2 is 1.40 bits per heavy atom. The SMILES string of the molecule is I[Si](I)(I)c1ccccc1. The minimum absolute atomic E-state index is 1.12. The van der Waals surface area contributed by atoms with Crippen molar-refractivity contribution >= 4 is 71.1 Å². The Kier molecular flexibility index (Phi) is 3.92. The molecule has 0 saturated carbocycles. The van der Waals surface area contributed by atoms with E-state index in [-0.39, 0.29) is 0 Å². The van der Waals surface area contributed by atoms with E-state index in [0.717, 1.165) is 0 Å². The molecule has 0 fully saturated rings. The predicted molar refractivity (Wildman–Crippen MR) is 73.9 cm³/mol. The molecule has 4 heteroatoms. The Hall–Kier alpha value is 1.63. The number of hydrogen-bond acceptors (Lipinski definition) is 0. The maximum Gasteiger partial charge on any atom is 0.283 e. The lowest BCUT2D eigenvalue weighted by molar-refractivity contribution is 1.77. The third-order valence-corrected chi connectivity index (χ3v) is 7.69. The Bertz CT molecular complexity index is 204. The van der Waals surface area contributed by atoms with Crippen LogP contribution >= 0.6 is 65.4 Å². The largest absolute Gasteiger partial charge is 0.283 e. The summed E-state index contributed by atoms with van der Waals surface area (Å²) in [4.78, 5) is 0. The van der Waals surface area contributed by atoms with Gasteiger partial charge >= 0.3 is 0 Å². The summed E-state index contributed by atoms with van der Waals surface area (Å²) in [6.07, 6.45) is 0. The number of benzene rings is 1. The molecule has 0 nitrogen and oxygen atoms in total. The third kappa shape index (κ3) is 2.93. The molecule has 10 heavy (non-hydrogen) atoms. The van der Waals surface area contributed by atoms with Gasteiger partial charge in [0.05, 0.1) is 0 Å². The van der Waals surface area contributed by atoms with Gasteiger partial charge in [-0.15, -0.1) is 0 Å². The number of hydrogen-bond donors (Lipinski definition) is 0. The van der Waals surface area contributed by atoms with Gasteiger partial charge < -0.3 is 0 Å². The van der Waals surface area contributed by atoms with Gasteiger partial charge in [0, 0.05) is 0 Å². The zero-order chi connectivity index (χ0) is 7.61. The van der Waals surface area contributed by atoms with Crippen LogP contribution < -0.4 is 5.19 Å². The van der Waals surface area contributed by atoms with Gasteiger partial charge in [-0.3, -0.25) is 0 Å². The smallest absolute Gasteiger partial charge is 0.0854 e. The summed E-state index contributed by atoms with van der Waals surface area (Å²) in [7, 11) is 0. The van der Waals surface area contributed by atoms with Crippen LogP contribution in [0.4, 0.5) is 0 Å². The second-order valence-corrected chi connectivity index (χ2v) is 36.6. The highest BCUT2D eigenvalue weighted by Gasteiger charge is 2.23. The molecule has 0 radical (unpaired) electrons.